The number of rotatable bonds is 12. The van der Waals surface area contributed by atoms with E-state index in [1.165, 1.54) is 0 Å². The van der Waals surface area contributed by atoms with Gasteiger partial charge in [0.15, 0.2) is 16.6 Å². The number of hydrogen-bond acceptors (Lipinski definition) is 5. The molecule has 0 aromatic heterocycles. The normalized spacial score (nSPS) is 14.8. The van der Waals surface area contributed by atoms with Crippen LogP contribution in [0.4, 0.5) is 0 Å². The lowest BCUT2D eigenvalue weighted by Crippen LogP contribution is -2.56. The number of carbonyl (C=O) groups is 2. The first-order valence-electron chi connectivity index (χ1n) is 11.6. The molecule has 0 heterocycles. The van der Waals surface area contributed by atoms with Crippen LogP contribution in [0.2, 0.25) is 36.3 Å². The Morgan fingerprint density at radius 3 is 1.78 bits per heavy atom. The number of nitrogens with one attached hydrogen (secondary N) is 2. The Bertz CT molecular complexity index is 626. The fourth-order valence-corrected chi connectivity index (χ4v) is 5.02. The van der Waals surface area contributed by atoms with Crippen molar-refractivity contribution in [3.05, 3.63) is 0 Å². The molecule has 9 heteroatoms. The Labute approximate surface area is 205 Å². The van der Waals surface area contributed by atoms with Crippen LogP contribution >= 0.6 is 12.6 Å². The third-order valence-corrected chi connectivity index (χ3v) is 16.0. The molecule has 6 nitrogen and oxygen atoms in total. The summed E-state index contributed by atoms with van der Waals surface area (Å²) in [6, 6.07) is 0. The Morgan fingerprint density at radius 2 is 1.34 bits per heavy atom. The van der Waals surface area contributed by atoms with E-state index in [0.29, 0.717) is 18.9 Å². The van der Waals surface area contributed by atoms with Crippen molar-refractivity contribution in [2.24, 2.45) is 5.41 Å². The van der Waals surface area contributed by atoms with Crippen molar-refractivity contribution in [1.82, 2.24) is 10.6 Å². The van der Waals surface area contributed by atoms with Gasteiger partial charge in [-0.1, -0.05) is 55.4 Å². The van der Waals surface area contributed by atoms with Crippen LogP contribution < -0.4 is 10.6 Å². The van der Waals surface area contributed by atoms with Crippen LogP contribution in [0.5, 0.6) is 0 Å². The summed E-state index contributed by atoms with van der Waals surface area (Å²) in [6.45, 7) is 27.2. The van der Waals surface area contributed by atoms with Gasteiger partial charge in [0.25, 0.3) is 0 Å². The van der Waals surface area contributed by atoms with Crippen molar-refractivity contribution >= 4 is 41.1 Å². The average Bonchev–Trinajstić information content (AvgIpc) is 2.61. The van der Waals surface area contributed by atoms with E-state index in [1.54, 1.807) is 0 Å². The highest BCUT2D eigenvalue weighted by atomic mass is 32.1. The van der Waals surface area contributed by atoms with E-state index in [4.69, 9.17) is 8.85 Å². The quantitative estimate of drug-likeness (QED) is 0.258. The second-order valence-corrected chi connectivity index (χ2v) is 22.4. The van der Waals surface area contributed by atoms with Crippen LogP contribution in [0.15, 0.2) is 0 Å². The molecule has 0 aliphatic heterocycles. The molecule has 0 unspecified atom stereocenters. The van der Waals surface area contributed by atoms with Crippen molar-refractivity contribution in [3.8, 4) is 0 Å². The van der Waals surface area contributed by atoms with E-state index in [0.717, 1.165) is 0 Å². The molecule has 0 fully saturated rings. The zero-order valence-corrected chi connectivity index (χ0v) is 25.6. The van der Waals surface area contributed by atoms with E-state index in [-0.39, 0.29) is 34.9 Å². The van der Waals surface area contributed by atoms with Gasteiger partial charge in [0.1, 0.15) is 6.10 Å². The molecule has 0 rings (SSSR count). The molecular weight excluding hydrogens is 457 g/mol. The zero-order chi connectivity index (χ0) is 25.6. The minimum atomic E-state index is -2.22. The Kier molecular flexibility index (Phi) is 11.7. The third-order valence-electron chi connectivity index (χ3n) is 6.86. The van der Waals surface area contributed by atoms with Crippen molar-refractivity contribution in [2.75, 3.05) is 25.4 Å². The van der Waals surface area contributed by atoms with Gasteiger partial charge in [0, 0.05) is 37.3 Å². The van der Waals surface area contributed by atoms with Crippen LogP contribution in [-0.2, 0) is 18.4 Å². The average molecular weight is 507 g/mol. The molecule has 32 heavy (non-hydrogen) atoms. The molecule has 0 saturated heterocycles. The Hall–Kier alpha value is -0.356. The van der Waals surface area contributed by atoms with E-state index in [2.05, 4.69) is 91.0 Å². The van der Waals surface area contributed by atoms with Crippen molar-refractivity contribution in [1.29, 1.82) is 0 Å². The first-order chi connectivity index (χ1) is 14.2. The lowest BCUT2D eigenvalue weighted by molar-refractivity contribution is -0.135. The minimum absolute atomic E-state index is 0.0331. The van der Waals surface area contributed by atoms with Gasteiger partial charge in [-0.25, -0.2) is 0 Å². The zero-order valence-electron chi connectivity index (χ0n) is 22.7. The molecule has 0 spiro atoms. The van der Waals surface area contributed by atoms with Crippen LogP contribution in [-0.4, -0.2) is 60.0 Å². The number of carbonyl (C=O) groups excluding carboxylic acids is 2. The molecule has 0 saturated carbocycles. The molecule has 190 valence electrons. The molecular formula is C23H50N2O4SSi2. The van der Waals surface area contributed by atoms with Crippen LogP contribution in [0, 0.1) is 5.41 Å². The maximum atomic E-state index is 13.3. The number of thiol groups is 1. The van der Waals surface area contributed by atoms with E-state index < -0.39 is 28.2 Å². The first-order valence-corrected chi connectivity index (χ1v) is 18.1. The first kappa shape index (κ1) is 31.6. The van der Waals surface area contributed by atoms with Gasteiger partial charge in [0.2, 0.25) is 11.8 Å². The largest absolute Gasteiger partial charge is 0.416 e. The molecule has 0 aromatic carbocycles. The number of hydrogen-bond donors (Lipinski definition) is 3. The second kappa shape index (κ2) is 11.9. The van der Waals surface area contributed by atoms with Gasteiger partial charge in [-0.15, -0.1) is 0 Å². The third kappa shape index (κ3) is 9.87. The molecule has 0 aliphatic rings. The van der Waals surface area contributed by atoms with Crippen molar-refractivity contribution in [2.45, 2.75) is 104 Å². The highest BCUT2D eigenvalue weighted by Crippen LogP contribution is 2.41. The highest BCUT2D eigenvalue weighted by molar-refractivity contribution is 7.80. The molecule has 2 N–H and O–H groups in total. The lowest BCUT2D eigenvalue weighted by atomic mass is 9.87. The van der Waals surface area contributed by atoms with Gasteiger partial charge >= 0.3 is 0 Å². The molecule has 0 bridgehead atoms. The predicted molar refractivity (Wildman–Crippen MR) is 143 cm³/mol. The van der Waals surface area contributed by atoms with Crippen LogP contribution in [0.3, 0.4) is 0 Å². The van der Waals surface area contributed by atoms with Gasteiger partial charge in [-0.05, 0) is 36.3 Å². The van der Waals surface area contributed by atoms with Gasteiger partial charge < -0.3 is 19.5 Å². The van der Waals surface area contributed by atoms with Gasteiger partial charge in [-0.2, -0.15) is 12.6 Å². The van der Waals surface area contributed by atoms with E-state index in [1.807, 2.05) is 13.8 Å². The topological polar surface area (TPSA) is 76.7 Å². The Morgan fingerprint density at radius 1 is 0.844 bits per heavy atom. The summed E-state index contributed by atoms with van der Waals surface area (Å²) >= 11 is 4.09. The molecule has 0 aromatic rings. The summed E-state index contributed by atoms with van der Waals surface area (Å²) < 4.78 is 13.2. The van der Waals surface area contributed by atoms with E-state index in [9.17, 15) is 9.59 Å². The maximum Gasteiger partial charge on any atom is 0.248 e. The summed E-state index contributed by atoms with van der Waals surface area (Å²) in [5.74, 6) is 0.311. The fourth-order valence-electron chi connectivity index (χ4n) is 2.37. The van der Waals surface area contributed by atoms with Crippen molar-refractivity contribution in [3.63, 3.8) is 0 Å². The summed E-state index contributed by atoms with van der Waals surface area (Å²) in [5.41, 5.74) is -0.524. The summed E-state index contributed by atoms with van der Waals surface area (Å²) in [7, 11) is -4.20. The predicted octanol–water partition coefficient (Wildman–Crippen LogP) is 4.98. The minimum Gasteiger partial charge on any atom is -0.416 e. The molecule has 2 amide bonds. The molecule has 0 radical (unpaired) electrons. The monoisotopic (exact) mass is 506 g/mol. The van der Waals surface area contributed by atoms with Crippen LogP contribution in [0.25, 0.3) is 0 Å². The van der Waals surface area contributed by atoms with Gasteiger partial charge in [-0.3, -0.25) is 9.59 Å². The fraction of sp³-hybridized carbons (Fsp3) is 0.913. The van der Waals surface area contributed by atoms with Crippen molar-refractivity contribution < 1.29 is 18.4 Å². The SMILES string of the molecule is CC(C)(CO[Si](C)(C)C(C)(C)C)[C@@H](O[Si](C)(C)C(C)(C)C)C(=O)NCCC(=O)NCCS. The maximum absolute atomic E-state index is 13.3. The highest BCUT2D eigenvalue weighted by Gasteiger charge is 2.47. The van der Waals surface area contributed by atoms with Crippen LogP contribution in [0.1, 0.15) is 61.8 Å². The Balaban J connectivity index is 5.54. The number of amides is 2. The summed E-state index contributed by atoms with van der Waals surface area (Å²) in [4.78, 5) is 25.2. The second-order valence-electron chi connectivity index (χ2n) is 12.4. The lowest BCUT2D eigenvalue weighted by Gasteiger charge is -2.45. The molecule has 1 atom stereocenters. The smallest absolute Gasteiger partial charge is 0.248 e. The standard InChI is InChI=1S/C23H50N2O4SSi2/c1-21(2,3)31(9,10)28-17-23(7,8)19(29-32(11,12)22(4,5)6)20(27)25-14-13-18(26)24-15-16-30/h19,30H,13-17H2,1-12H3,(H,24,26)(H,25,27)/t19-/m0/s1. The van der Waals surface area contributed by atoms with Gasteiger partial charge in [0.05, 0.1) is 0 Å². The summed E-state index contributed by atoms with van der Waals surface area (Å²) in [5, 5.41) is 5.75. The summed E-state index contributed by atoms with van der Waals surface area (Å²) in [6.07, 6.45) is -0.429. The van der Waals surface area contributed by atoms with E-state index >= 15 is 0 Å². The molecule has 0 aliphatic carbocycles.